The Morgan fingerprint density at radius 2 is 2.33 bits per heavy atom. The Balaban J connectivity index is 2.33. The molecule has 0 saturated carbocycles. The van der Waals surface area contributed by atoms with E-state index in [1.807, 2.05) is 0 Å². The van der Waals surface area contributed by atoms with Crippen molar-refractivity contribution in [1.82, 2.24) is 25.5 Å². The van der Waals surface area contributed by atoms with Crippen molar-refractivity contribution < 1.29 is 9.53 Å². The van der Waals surface area contributed by atoms with E-state index in [4.69, 9.17) is 0 Å². The molecule has 18 heavy (non-hydrogen) atoms. The van der Waals surface area contributed by atoms with E-state index in [0.717, 1.165) is 13.1 Å². The first-order valence-corrected chi connectivity index (χ1v) is 6.78. The normalized spacial score (nSPS) is 10.9. The van der Waals surface area contributed by atoms with Crippen LogP contribution in [-0.2, 0) is 16.1 Å². The number of carbonyl (C=O) groups is 1. The van der Waals surface area contributed by atoms with E-state index in [-0.39, 0.29) is 11.7 Å². The van der Waals surface area contributed by atoms with Gasteiger partial charge in [0.25, 0.3) is 0 Å². The molecule has 0 unspecified atom stereocenters. The van der Waals surface area contributed by atoms with Crippen molar-refractivity contribution in [2.24, 2.45) is 5.92 Å². The van der Waals surface area contributed by atoms with E-state index in [1.54, 1.807) is 4.68 Å². The summed E-state index contributed by atoms with van der Waals surface area (Å²) in [5.41, 5.74) is 0. The minimum Gasteiger partial charge on any atom is -0.468 e. The van der Waals surface area contributed by atoms with Gasteiger partial charge in [-0.1, -0.05) is 25.6 Å². The summed E-state index contributed by atoms with van der Waals surface area (Å²) in [5.74, 6) is 0.551. The van der Waals surface area contributed by atoms with Gasteiger partial charge in [0.15, 0.2) is 0 Å². The zero-order valence-corrected chi connectivity index (χ0v) is 11.7. The molecule has 1 aromatic rings. The van der Waals surface area contributed by atoms with E-state index in [1.165, 1.54) is 18.9 Å². The summed E-state index contributed by atoms with van der Waals surface area (Å²) in [4.78, 5) is 11.0. The van der Waals surface area contributed by atoms with Crippen LogP contribution in [0.5, 0.6) is 0 Å². The second kappa shape index (κ2) is 8.04. The fraction of sp³-hybridized carbons (Fsp3) is 0.800. The number of thioether (sulfide) groups is 1. The van der Waals surface area contributed by atoms with Gasteiger partial charge < -0.3 is 10.1 Å². The van der Waals surface area contributed by atoms with Crippen molar-refractivity contribution in [3.63, 3.8) is 0 Å². The molecule has 1 heterocycles. The van der Waals surface area contributed by atoms with Crippen LogP contribution in [0.1, 0.15) is 13.8 Å². The maximum absolute atomic E-state index is 11.0. The zero-order chi connectivity index (χ0) is 13.4. The lowest BCUT2D eigenvalue weighted by atomic mass is 10.2. The van der Waals surface area contributed by atoms with Crippen LogP contribution in [0.2, 0.25) is 0 Å². The molecule has 1 aromatic heterocycles. The lowest BCUT2D eigenvalue weighted by Gasteiger charge is -2.07. The largest absolute Gasteiger partial charge is 0.468 e. The third kappa shape index (κ3) is 5.46. The molecule has 102 valence electrons. The molecule has 0 atom stereocenters. The van der Waals surface area contributed by atoms with Gasteiger partial charge >= 0.3 is 5.97 Å². The van der Waals surface area contributed by atoms with Crippen LogP contribution in [0, 0.1) is 5.92 Å². The number of esters is 1. The molecular weight excluding hydrogens is 254 g/mol. The van der Waals surface area contributed by atoms with E-state index in [9.17, 15) is 4.79 Å². The molecule has 0 saturated heterocycles. The molecule has 0 amide bonds. The van der Waals surface area contributed by atoms with E-state index >= 15 is 0 Å². The number of nitrogens with one attached hydrogen (secondary N) is 1. The highest BCUT2D eigenvalue weighted by Gasteiger charge is 2.09. The smallest absolute Gasteiger partial charge is 0.316 e. The maximum Gasteiger partial charge on any atom is 0.316 e. The Morgan fingerprint density at radius 1 is 1.56 bits per heavy atom. The summed E-state index contributed by atoms with van der Waals surface area (Å²) in [6.07, 6.45) is 0. The van der Waals surface area contributed by atoms with Crippen molar-refractivity contribution in [2.45, 2.75) is 25.5 Å². The number of carbonyl (C=O) groups excluding carboxylic acids is 1. The molecule has 0 spiro atoms. The average molecular weight is 273 g/mol. The number of tetrazole rings is 1. The molecule has 1 N–H and O–H groups in total. The summed E-state index contributed by atoms with van der Waals surface area (Å²) in [6, 6.07) is 0. The second-order valence-corrected chi connectivity index (χ2v) is 5.09. The average Bonchev–Trinajstić information content (AvgIpc) is 2.79. The van der Waals surface area contributed by atoms with Crippen LogP contribution in [-0.4, -0.2) is 52.1 Å². The van der Waals surface area contributed by atoms with Crippen molar-refractivity contribution >= 4 is 17.7 Å². The predicted molar refractivity (Wildman–Crippen MR) is 68.3 cm³/mol. The SMILES string of the molecule is COC(=O)CSc1nnnn1CCNCC(C)C. The number of methoxy groups -OCH3 is 1. The van der Waals surface area contributed by atoms with Gasteiger partial charge in [-0.3, -0.25) is 4.79 Å². The second-order valence-electron chi connectivity index (χ2n) is 4.15. The highest BCUT2D eigenvalue weighted by atomic mass is 32.2. The summed E-state index contributed by atoms with van der Waals surface area (Å²) < 4.78 is 6.24. The number of hydrogen-bond acceptors (Lipinski definition) is 7. The van der Waals surface area contributed by atoms with Gasteiger partial charge in [-0.2, -0.15) is 0 Å². The van der Waals surface area contributed by atoms with Gasteiger partial charge in [-0.25, -0.2) is 4.68 Å². The molecule has 0 aliphatic heterocycles. The molecule has 8 heteroatoms. The molecule has 0 fully saturated rings. The fourth-order valence-corrected chi connectivity index (χ4v) is 1.93. The van der Waals surface area contributed by atoms with E-state index in [2.05, 4.69) is 39.4 Å². The van der Waals surface area contributed by atoms with E-state index in [0.29, 0.717) is 17.6 Å². The summed E-state index contributed by atoms with van der Waals surface area (Å²) in [7, 11) is 1.36. The Morgan fingerprint density at radius 3 is 3.00 bits per heavy atom. The van der Waals surface area contributed by atoms with Gasteiger partial charge in [0.05, 0.1) is 19.4 Å². The standard InChI is InChI=1S/C10H19N5O2S/c1-8(2)6-11-4-5-15-10(12-13-14-15)18-7-9(16)17-3/h8,11H,4-7H2,1-3H3. The van der Waals surface area contributed by atoms with Crippen molar-refractivity contribution in [2.75, 3.05) is 26.0 Å². The van der Waals surface area contributed by atoms with Crippen LogP contribution >= 0.6 is 11.8 Å². The van der Waals surface area contributed by atoms with Gasteiger partial charge in [0.2, 0.25) is 5.16 Å². The van der Waals surface area contributed by atoms with E-state index < -0.39 is 0 Å². The van der Waals surface area contributed by atoms with Crippen LogP contribution in [0.4, 0.5) is 0 Å². The van der Waals surface area contributed by atoms with Crippen LogP contribution in [0.15, 0.2) is 5.16 Å². The number of hydrogen-bond donors (Lipinski definition) is 1. The molecule has 7 nitrogen and oxygen atoms in total. The lowest BCUT2D eigenvalue weighted by Crippen LogP contribution is -2.24. The maximum atomic E-state index is 11.0. The van der Waals surface area contributed by atoms with Crippen molar-refractivity contribution in [3.8, 4) is 0 Å². The first-order valence-electron chi connectivity index (χ1n) is 5.80. The Labute approximate surface area is 111 Å². The minimum absolute atomic E-state index is 0.219. The zero-order valence-electron chi connectivity index (χ0n) is 10.9. The summed E-state index contributed by atoms with van der Waals surface area (Å²) >= 11 is 1.28. The number of aromatic nitrogens is 4. The van der Waals surface area contributed by atoms with Gasteiger partial charge in [-0.15, -0.1) is 5.10 Å². The Hall–Kier alpha value is -1.15. The first-order chi connectivity index (χ1) is 8.63. The van der Waals surface area contributed by atoms with Crippen LogP contribution < -0.4 is 5.32 Å². The number of nitrogens with zero attached hydrogens (tertiary/aromatic N) is 4. The molecule has 0 bridgehead atoms. The van der Waals surface area contributed by atoms with Crippen LogP contribution in [0.3, 0.4) is 0 Å². The summed E-state index contributed by atoms with van der Waals surface area (Å²) in [6.45, 7) is 6.76. The quantitative estimate of drug-likeness (QED) is 0.411. The highest BCUT2D eigenvalue weighted by Crippen LogP contribution is 2.12. The van der Waals surface area contributed by atoms with Gasteiger partial charge in [0, 0.05) is 6.54 Å². The van der Waals surface area contributed by atoms with Crippen LogP contribution in [0.25, 0.3) is 0 Å². The molecular formula is C10H19N5O2S. The summed E-state index contributed by atoms with van der Waals surface area (Å²) in [5, 5.41) is 15.3. The monoisotopic (exact) mass is 273 g/mol. The topological polar surface area (TPSA) is 81.9 Å². The van der Waals surface area contributed by atoms with Gasteiger partial charge in [0.1, 0.15) is 0 Å². The molecule has 0 aliphatic carbocycles. The number of rotatable bonds is 8. The third-order valence-corrected chi connectivity index (χ3v) is 3.03. The van der Waals surface area contributed by atoms with Crippen molar-refractivity contribution in [3.05, 3.63) is 0 Å². The molecule has 0 aromatic carbocycles. The first kappa shape index (κ1) is 14.9. The van der Waals surface area contributed by atoms with Gasteiger partial charge in [-0.05, 0) is 22.9 Å². The lowest BCUT2D eigenvalue weighted by molar-refractivity contribution is -0.137. The fourth-order valence-electron chi connectivity index (χ4n) is 1.20. The predicted octanol–water partition coefficient (Wildman–Crippen LogP) is 0.184. The highest BCUT2D eigenvalue weighted by molar-refractivity contribution is 7.99. The third-order valence-electron chi connectivity index (χ3n) is 2.10. The minimum atomic E-state index is -0.285. The number of ether oxygens (including phenoxy) is 1. The van der Waals surface area contributed by atoms with Crippen molar-refractivity contribution in [1.29, 1.82) is 0 Å². The Bertz CT molecular complexity index is 369. The molecule has 1 rings (SSSR count). The molecule has 0 aliphatic rings. The molecule has 0 radical (unpaired) electrons. The Kier molecular flexibility index (Phi) is 6.66.